The molecule has 2 aromatic rings. The third kappa shape index (κ3) is 3.99. The molecule has 0 atom stereocenters. The zero-order chi connectivity index (χ0) is 20.0. The van der Waals surface area contributed by atoms with Crippen LogP contribution >= 0.6 is 23.2 Å². The van der Waals surface area contributed by atoms with Gasteiger partial charge in [-0.15, -0.1) is 0 Å². The second-order valence-corrected chi connectivity index (χ2v) is 8.16. The van der Waals surface area contributed by atoms with Crippen molar-refractivity contribution in [3.8, 4) is 0 Å². The molecule has 0 radical (unpaired) electrons. The van der Waals surface area contributed by atoms with Crippen LogP contribution < -0.4 is 5.32 Å². The molecule has 7 nitrogen and oxygen atoms in total. The van der Waals surface area contributed by atoms with Gasteiger partial charge in [0.25, 0.3) is 0 Å². The molecule has 0 aliphatic carbocycles. The lowest BCUT2D eigenvalue weighted by Gasteiger charge is -2.32. The second kappa shape index (κ2) is 7.09. The molecule has 0 spiro atoms. The Bertz CT molecular complexity index is 910. The Hall–Kier alpha value is -1.61. The van der Waals surface area contributed by atoms with Crippen molar-refractivity contribution in [2.75, 3.05) is 6.54 Å². The predicted molar refractivity (Wildman–Crippen MR) is 107 cm³/mol. The highest BCUT2D eigenvalue weighted by Crippen LogP contribution is 2.39. The van der Waals surface area contributed by atoms with Crippen molar-refractivity contribution < 1.29 is 14.1 Å². The van der Waals surface area contributed by atoms with Crippen molar-refractivity contribution in [2.24, 2.45) is 0 Å². The number of fused-ring (bicyclic) bond motifs is 1. The molecule has 27 heavy (non-hydrogen) atoms. The minimum Gasteiger partial charge on any atom is -0.400 e. The smallest absolute Gasteiger partial charge is 0.400 e. The van der Waals surface area contributed by atoms with Crippen molar-refractivity contribution in [3.05, 3.63) is 27.7 Å². The van der Waals surface area contributed by atoms with Gasteiger partial charge in [-0.3, -0.25) is 4.79 Å². The van der Waals surface area contributed by atoms with Crippen LogP contribution in [0.15, 0.2) is 11.7 Å². The van der Waals surface area contributed by atoms with E-state index in [-0.39, 0.29) is 22.9 Å². The fraction of sp³-hybridized carbons (Fsp3) is 0.471. The van der Waals surface area contributed by atoms with Gasteiger partial charge in [0.2, 0.25) is 11.2 Å². The van der Waals surface area contributed by atoms with Crippen LogP contribution in [-0.2, 0) is 14.1 Å². The zero-order valence-corrected chi connectivity index (χ0v) is 17.3. The van der Waals surface area contributed by atoms with Gasteiger partial charge in [-0.05, 0) is 44.8 Å². The summed E-state index contributed by atoms with van der Waals surface area (Å²) in [4.78, 5) is 22.6. The number of nitrogens with zero attached hydrogens (tertiary/aromatic N) is 2. The standard InChI is InChI=1S/C17H21BCl2N4O3/c1-9(25)21-8-11(18-26-16(2,3)17(4,5)27-18)6-10-7-22-14-12(10)13(19)23-15(20)24-14/h6-7H,8H2,1-5H3,(H,21,25)(H,22,23,24). The van der Waals surface area contributed by atoms with Crippen molar-refractivity contribution in [2.45, 2.75) is 45.8 Å². The first-order valence-electron chi connectivity index (χ1n) is 8.51. The highest BCUT2D eigenvalue weighted by atomic mass is 35.5. The van der Waals surface area contributed by atoms with Gasteiger partial charge in [0, 0.05) is 25.2 Å². The van der Waals surface area contributed by atoms with Gasteiger partial charge in [0.15, 0.2) is 0 Å². The fourth-order valence-corrected chi connectivity index (χ4v) is 3.21. The normalized spacial score (nSPS) is 18.9. The molecular formula is C17H21BCl2N4O3. The molecule has 0 aromatic carbocycles. The number of halogens is 2. The number of hydrogen-bond acceptors (Lipinski definition) is 5. The topological polar surface area (TPSA) is 89.1 Å². The summed E-state index contributed by atoms with van der Waals surface area (Å²) in [5.41, 5.74) is 1.03. The highest BCUT2D eigenvalue weighted by Gasteiger charge is 2.52. The maximum absolute atomic E-state index is 11.4. The first-order valence-corrected chi connectivity index (χ1v) is 9.26. The number of H-pyrrole nitrogens is 1. The van der Waals surface area contributed by atoms with Crippen LogP contribution in [0.4, 0.5) is 0 Å². The Kier molecular flexibility index (Phi) is 5.29. The predicted octanol–water partition coefficient (Wildman–Crippen LogP) is 3.42. The molecule has 1 fully saturated rings. The van der Waals surface area contributed by atoms with Gasteiger partial charge < -0.3 is 19.6 Å². The number of amides is 1. The van der Waals surface area contributed by atoms with Crippen LogP contribution in [-0.4, -0.2) is 45.7 Å². The molecule has 10 heteroatoms. The minimum absolute atomic E-state index is 0.0642. The molecule has 0 unspecified atom stereocenters. The maximum Gasteiger partial charge on any atom is 0.492 e. The summed E-state index contributed by atoms with van der Waals surface area (Å²) in [6.45, 7) is 9.62. The molecule has 0 saturated carbocycles. The van der Waals surface area contributed by atoms with Gasteiger partial charge in [-0.2, -0.15) is 4.98 Å². The van der Waals surface area contributed by atoms with E-state index in [0.717, 1.165) is 11.0 Å². The summed E-state index contributed by atoms with van der Waals surface area (Å²) in [6.07, 6.45) is 3.61. The van der Waals surface area contributed by atoms with E-state index in [9.17, 15) is 4.79 Å². The fourth-order valence-electron chi connectivity index (χ4n) is 2.72. The minimum atomic E-state index is -0.612. The summed E-state index contributed by atoms with van der Waals surface area (Å²) in [6, 6.07) is 0. The average molecular weight is 411 g/mol. The molecule has 1 aliphatic heterocycles. The number of aromatic nitrogens is 3. The molecule has 3 rings (SSSR count). The Morgan fingerprint density at radius 3 is 2.48 bits per heavy atom. The van der Waals surface area contributed by atoms with Crippen LogP contribution in [0.3, 0.4) is 0 Å². The highest BCUT2D eigenvalue weighted by molar-refractivity contribution is 6.56. The molecule has 1 saturated heterocycles. The number of rotatable bonds is 4. The van der Waals surface area contributed by atoms with Crippen LogP contribution in [0.5, 0.6) is 0 Å². The summed E-state index contributed by atoms with van der Waals surface area (Å²) in [7, 11) is -0.612. The molecule has 2 aromatic heterocycles. The average Bonchev–Trinajstić information content (AvgIpc) is 3.01. The van der Waals surface area contributed by atoms with Crippen molar-refractivity contribution in [1.29, 1.82) is 0 Å². The second-order valence-electron chi connectivity index (χ2n) is 7.47. The lowest BCUT2D eigenvalue weighted by molar-refractivity contribution is -0.118. The molecule has 1 aliphatic rings. The van der Waals surface area contributed by atoms with E-state index in [4.69, 9.17) is 32.5 Å². The number of carbonyl (C=O) groups excluding carboxylic acids is 1. The number of aromatic amines is 1. The lowest BCUT2D eigenvalue weighted by Crippen LogP contribution is -2.41. The number of hydrogen-bond donors (Lipinski definition) is 2. The van der Waals surface area contributed by atoms with E-state index < -0.39 is 18.3 Å². The molecule has 3 heterocycles. The van der Waals surface area contributed by atoms with Gasteiger partial charge in [0.05, 0.1) is 16.6 Å². The summed E-state index contributed by atoms with van der Waals surface area (Å²) in [5.74, 6) is -0.149. The third-order valence-corrected chi connectivity index (χ3v) is 5.37. The third-order valence-electron chi connectivity index (χ3n) is 4.93. The summed E-state index contributed by atoms with van der Waals surface area (Å²) in [5, 5.41) is 3.74. The van der Waals surface area contributed by atoms with Gasteiger partial charge in [-0.25, -0.2) is 4.98 Å². The van der Waals surface area contributed by atoms with Crippen molar-refractivity contribution in [3.63, 3.8) is 0 Å². The van der Waals surface area contributed by atoms with Gasteiger partial charge in [-0.1, -0.05) is 17.7 Å². The van der Waals surface area contributed by atoms with E-state index in [1.807, 2.05) is 33.8 Å². The molecule has 0 bridgehead atoms. The Labute approximate surface area is 168 Å². The molecule has 144 valence electrons. The van der Waals surface area contributed by atoms with Crippen LogP contribution in [0.25, 0.3) is 17.1 Å². The van der Waals surface area contributed by atoms with E-state index in [2.05, 4.69) is 20.3 Å². The van der Waals surface area contributed by atoms with E-state index in [1.165, 1.54) is 6.92 Å². The van der Waals surface area contributed by atoms with Crippen LogP contribution in [0.2, 0.25) is 10.4 Å². The van der Waals surface area contributed by atoms with E-state index in [1.54, 1.807) is 6.20 Å². The van der Waals surface area contributed by atoms with E-state index >= 15 is 0 Å². The quantitative estimate of drug-likeness (QED) is 0.458. The Balaban J connectivity index is 2.03. The SMILES string of the molecule is CC(=O)NCC(=Cc1c[nH]c2nc(Cl)nc(Cl)c12)B1OC(C)(C)C(C)(C)O1. The van der Waals surface area contributed by atoms with Crippen LogP contribution in [0.1, 0.15) is 40.2 Å². The van der Waals surface area contributed by atoms with Crippen LogP contribution in [0, 0.1) is 0 Å². The molecule has 2 N–H and O–H groups in total. The Morgan fingerprint density at radius 2 is 1.89 bits per heavy atom. The Morgan fingerprint density at radius 1 is 1.26 bits per heavy atom. The summed E-state index contributed by atoms with van der Waals surface area (Å²) < 4.78 is 12.3. The largest absolute Gasteiger partial charge is 0.492 e. The lowest BCUT2D eigenvalue weighted by atomic mass is 9.77. The maximum atomic E-state index is 11.4. The van der Waals surface area contributed by atoms with Gasteiger partial charge >= 0.3 is 7.12 Å². The molecular weight excluding hydrogens is 390 g/mol. The number of carbonyl (C=O) groups is 1. The van der Waals surface area contributed by atoms with E-state index in [0.29, 0.717) is 11.0 Å². The van der Waals surface area contributed by atoms with Crippen molar-refractivity contribution in [1.82, 2.24) is 20.3 Å². The first kappa shape index (κ1) is 20.1. The van der Waals surface area contributed by atoms with Gasteiger partial charge in [0.1, 0.15) is 10.8 Å². The first-order chi connectivity index (χ1) is 12.5. The molecule has 1 amide bonds. The number of nitrogens with one attached hydrogen (secondary N) is 2. The zero-order valence-electron chi connectivity index (χ0n) is 15.8. The monoisotopic (exact) mass is 410 g/mol. The summed E-state index contributed by atoms with van der Waals surface area (Å²) >= 11 is 12.1. The van der Waals surface area contributed by atoms with Crippen molar-refractivity contribution >= 4 is 53.3 Å².